The van der Waals surface area contributed by atoms with Gasteiger partial charge in [-0.25, -0.2) is 9.38 Å². The molecule has 3 heterocycles. The first-order valence-corrected chi connectivity index (χ1v) is 11.3. The van der Waals surface area contributed by atoms with Crippen molar-refractivity contribution in [1.29, 1.82) is 0 Å². The number of hydrogen-bond acceptors (Lipinski definition) is 7. The third-order valence-electron chi connectivity index (χ3n) is 6.20. The van der Waals surface area contributed by atoms with Gasteiger partial charge in [-0.05, 0) is 51.0 Å². The first kappa shape index (κ1) is 21.2. The zero-order valence-corrected chi connectivity index (χ0v) is 19.1. The van der Waals surface area contributed by atoms with Crippen LogP contribution in [0.3, 0.4) is 0 Å². The SMILES string of the molecule is CCOC(=O)C1CCN(c2nc3ccc(C)cc3c3nnc(-c4cccc(OC)c4)n23)CC1. The highest BCUT2D eigenvalue weighted by Gasteiger charge is 2.29. The molecule has 4 aromatic rings. The van der Waals surface area contributed by atoms with Gasteiger partial charge in [-0.1, -0.05) is 23.8 Å². The summed E-state index contributed by atoms with van der Waals surface area (Å²) < 4.78 is 12.7. The van der Waals surface area contributed by atoms with Crippen molar-refractivity contribution in [1.82, 2.24) is 19.6 Å². The van der Waals surface area contributed by atoms with E-state index in [1.165, 1.54) is 0 Å². The fourth-order valence-corrected chi connectivity index (χ4v) is 4.47. The lowest BCUT2D eigenvalue weighted by atomic mass is 9.97. The van der Waals surface area contributed by atoms with Crippen molar-refractivity contribution in [2.45, 2.75) is 26.7 Å². The molecule has 170 valence electrons. The van der Waals surface area contributed by atoms with Crippen molar-refractivity contribution in [3.05, 3.63) is 48.0 Å². The Morgan fingerprint density at radius 1 is 1.12 bits per heavy atom. The van der Waals surface area contributed by atoms with E-state index in [2.05, 4.69) is 34.2 Å². The van der Waals surface area contributed by atoms with E-state index in [0.29, 0.717) is 25.5 Å². The number of carbonyl (C=O) groups excluding carboxylic acids is 1. The zero-order valence-electron chi connectivity index (χ0n) is 19.1. The molecule has 0 spiro atoms. The molecule has 0 unspecified atom stereocenters. The van der Waals surface area contributed by atoms with Crippen LogP contribution in [0.15, 0.2) is 42.5 Å². The summed E-state index contributed by atoms with van der Waals surface area (Å²) >= 11 is 0. The molecular formula is C25H27N5O3. The number of nitrogens with zero attached hydrogens (tertiary/aromatic N) is 5. The minimum absolute atomic E-state index is 0.0708. The fourth-order valence-electron chi connectivity index (χ4n) is 4.47. The Morgan fingerprint density at radius 2 is 1.94 bits per heavy atom. The van der Waals surface area contributed by atoms with Gasteiger partial charge in [0.15, 0.2) is 11.5 Å². The molecule has 1 fully saturated rings. The Morgan fingerprint density at radius 3 is 2.70 bits per heavy atom. The van der Waals surface area contributed by atoms with Gasteiger partial charge < -0.3 is 14.4 Å². The molecule has 8 heteroatoms. The minimum Gasteiger partial charge on any atom is -0.497 e. The molecular weight excluding hydrogens is 418 g/mol. The third kappa shape index (κ3) is 3.86. The van der Waals surface area contributed by atoms with Gasteiger partial charge in [0, 0.05) is 24.0 Å². The first-order chi connectivity index (χ1) is 16.1. The summed E-state index contributed by atoms with van der Waals surface area (Å²) in [5.41, 5.74) is 3.68. The van der Waals surface area contributed by atoms with Crippen LogP contribution in [0.5, 0.6) is 5.75 Å². The second kappa shape index (κ2) is 8.69. The topological polar surface area (TPSA) is 81.9 Å². The Labute approximate surface area is 192 Å². The summed E-state index contributed by atoms with van der Waals surface area (Å²) in [7, 11) is 1.65. The average molecular weight is 446 g/mol. The van der Waals surface area contributed by atoms with E-state index in [9.17, 15) is 4.79 Å². The van der Waals surface area contributed by atoms with Crippen molar-refractivity contribution in [2.24, 2.45) is 5.92 Å². The Balaban J connectivity index is 1.63. The monoisotopic (exact) mass is 445 g/mol. The molecule has 0 radical (unpaired) electrons. The number of ether oxygens (including phenoxy) is 2. The lowest BCUT2D eigenvalue weighted by Crippen LogP contribution is -2.38. The Bertz CT molecular complexity index is 1320. The molecule has 1 saturated heterocycles. The van der Waals surface area contributed by atoms with Crippen molar-refractivity contribution in [2.75, 3.05) is 31.7 Å². The van der Waals surface area contributed by atoms with E-state index >= 15 is 0 Å². The third-order valence-corrected chi connectivity index (χ3v) is 6.20. The number of rotatable bonds is 5. The van der Waals surface area contributed by atoms with E-state index in [0.717, 1.165) is 52.2 Å². The molecule has 0 amide bonds. The van der Waals surface area contributed by atoms with Crippen LogP contribution in [0.25, 0.3) is 27.9 Å². The van der Waals surface area contributed by atoms with Crippen LogP contribution in [0.4, 0.5) is 5.95 Å². The van der Waals surface area contributed by atoms with Gasteiger partial charge in [0.25, 0.3) is 0 Å². The molecule has 5 rings (SSSR count). The second-order valence-corrected chi connectivity index (χ2v) is 8.36. The standard InChI is InChI=1S/C25H27N5O3/c1-4-33-24(31)17-10-12-29(13-11-17)25-26-21-9-8-16(2)14-20(21)23-28-27-22(30(23)25)18-6-5-7-19(15-18)32-3/h5-9,14-15,17H,4,10-13H2,1-3H3. The van der Waals surface area contributed by atoms with Gasteiger partial charge in [-0.15, -0.1) is 10.2 Å². The maximum atomic E-state index is 12.2. The molecule has 1 aliphatic rings. The summed E-state index contributed by atoms with van der Waals surface area (Å²) in [6.45, 7) is 5.73. The van der Waals surface area contributed by atoms with Gasteiger partial charge >= 0.3 is 5.97 Å². The van der Waals surface area contributed by atoms with Gasteiger partial charge in [-0.2, -0.15) is 0 Å². The zero-order chi connectivity index (χ0) is 22.9. The Hall–Kier alpha value is -3.68. The normalized spacial score (nSPS) is 14.7. The van der Waals surface area contributed by atoms with Crippen molar-refractivity contribution in [3.63, 3.8) is 0 Å². The molecule has 2 aromatic heterocycles. The number of hydrogen-bond donors (Lipinski definition) is 0. The summed E-state index contributed by atoms with van der Waals surface area (Å²) in [6.07, 6.45) is 1.45. The van der Waals surface area contributed by atoms with Gasteiger partial charge in [0.05, 0.1) is 25.2 Å². The van der Waals surface area contributed by atoms with Gasteiger partial charge in [-0.3, -0.25) is 4.79 Å². The highest BCUT2D eigenvalue weighted by atomic mass is 16.5. The molecule has 2 aromatic carbocycles. The number of aromatic nitrogens is 4. The quantitative estimate of drug-likeness (QED) is 0.429. The lowest BCUT2D eigenvalue weighted by molar-refractivity contribution is -0.148. The highest BCUT2D eigenvalue weighted by Crippen LogP contribution is 2.32. The van der Waals surface area contributed by atoms with Crippen LogP contribution in [-0.2, 0) is 9.53 Å². The number of fused-ring (bicyclic) bond motifs is 3. The fraction of sp³-hybridized carbons (Fsp3) is 0.360. The van der Waals surface area contributed by atoms with Crippen molar-refractivity contribution >= 4 is 28.5 Å². The molecule has 0 saturated carbocycles. The Kier molecular flexibility index (Phi) is 5.58. The van der Waals surface area contributed by atoms with Crippen LogP contribution in [0.1, 0.15) is 25.3 Å². The number of carbonyl (C=O) groups is 1. The van der Waals surface area contributed by atoms with Gasteiger partial charge in [0.2, 0.25) is 5.95 Å². The summed E-state index contributed by atoms with van der Waals surface area (Å²) in [5, 5.41) is 10.1. The van der Waals surface area contributed by atoms with Crippen LogP contribution < -0.4 is 9.64 Å². The maximum absolute atomic E-state index is 12.2. The molecule has 0 atom stereocenters. The number of benzene rings is 2. The van der Waals surface area contributed by atoms with Gasteiger partial charge in [0.1, 0.15) is 5.75 Å². The number of piperidine rings is 1. The van der Waals surface area contributed by atoms with Crippen LogP contribution in [0.2, 0.25) is 0 Å². The average Bonchev–Trinajstić information content (AvgIpc) is 3.30. The van der Waals surface area contributed by atoms with E-state index in [1.54, 1.807) is 7.11 Å². The second-order valence-electron chi connectivity index (χ2n) is 8.36. The lowest BCUT2D eigenvalue weighted by Gasteiger charge is -2.32. The van der Waals surface area contributed by atoms with Crippen molar-refractivity contribution < 1.29 is 14.3 Å². The predicted molar refractivity (Wildman–Crippen MR) is 127 cm³/mol. The predicted octanol–water partition coefficient (Wildman–Crippen LogP) is 4.04. The molecule has 0 N–H and O–H groups in total. The summed E-state index contributed by atoms with van der Waals surface area (Å²) in [6, 6.07) is 14.0. The summed E-state index contributed by atoms with van der Waals surface area (Å²) in [4.78, 5) is 19.5. The molecule has 33 heavy (non-hydrogen) atoms. The highest BCUT2D eigenvalue weighted by molar-refractivity contribution is 5.94. The minimum atomic E-state index is -0.106. The van der Waals surface area contributed by atoms with Crippen LogP contribution in [0, 0.1) is 12.8 Å². The van der Waals surface area contributed by atoms with E-state index < -0.39 is 0 Å². The number of aryl methyl sites for hydroxylation is 1. The van der Waals surface area contributed by atoms with Crippen LogP contribution in [-0.4, -0.2) is 52.4 Å². The number of esters is 1. The largest absolute Gasteiger partial charge is 0.497 e. The molecule has 0 aliphatic carbocycles. The smallest absolute Gasteiger partial charge is 0.309 e. The number of methoxy groups -OCH3 is 1. The van der Waals surface area contributed by atoms with E-state index in [4.69, 9.17) is 14.5 Å². The van der Waals surface area contributed by atoms with E-state index in [1.807, 2.05) is 41.7 Å². The first-order valence-electron chi connectivity index (χ1n) is 11.3. The molecule has 1 aliphatic heterocycles. The number of anilines is 1. The molecule has 8 nitrogen and oxygen atoms in total. The van der Waals surface area contributed by atoms with E-state index in [-0.39, 0.29) is 11.9 Å². The van der Waals surface area contributed by atoms with Crippen LogP contribution >= 0.6 is 0 Å². The summed E-state index contributed by atoms with van der Waals surface area (Å²) in [5.74, 6) is 2.07. The van der Waals surface area contributed by atoms with Crippen molar-refractivity contribution in [3.8, 4) is 17.1 Å². The maximum Gasteiger partial charge on any atom is 0.309 e. The molecule has 0 bridgehead atoms.